The summed E-state index contributed by atoms with van der Waals surface area (Å²) in [5, 5.41) is 0.183. The molecule has 0 atom stereocenters. The number of methoxy groups -OCH3 is 2. The van der Waals surface area contributed by atoms with E-state index in [1.807, 2.05) is 0 Å². The number of hydrogen-bond donors (Lipinski definition) is 1. The van der Waals surface area contributed by atoms with Crippen LogP contribution < -0.4 is 19.9 Å². The van der Waals surface area contributed by atoms with Gasteiger partial charge in [-0.3, -0.25) is 0 Å². The van der Waals surface area contributed by atoms with Crippen LogP contribution in [0.1, 0.15) is 11.3 Å². The topological polar surface area (TPSA) is 91.3 Å². The molecule has 11 heteroatoms. The third-order valence-corrected chi connectivity index (χ3v) is 5.19. The van der Waals surface area contributed by atoms with Crippen molar-refractivity contribution in [3.05, 3.63) is 69.0 Å². The van der Waals surface area contributed by atoms with Crippen molar-refractivity contribution >= 4 is 22.8 Å². The van der Waals surface area contributed by atoms with Gasteiger partial charge >= 0.3 is 5.69 Å². The van der Waals surface area contributed by atoms with E-state index < -0.39 is 17.3 Å². The van der Waals surface area contributed by atoms with E-state index >= 15 is 0 Å². The monoisotopic (exact) mass is 462 g/mol. The molecule has 0 bridgehead atoms. The Balaban J connectivity index is 1.81. The van der Waals surface area contributed by atoms with Gasteiger partial charge in [0.1, 0.15) is 24.2 Å². The van der Waals surface area contributed by atoms with Crippen molar-refractivity contribution in [3.8, 4) is 22.9 Å². The third-order valence-electron chi connectivity index (χ3n) is 4.88. The zero-order valence-corrected chi connectivity index (χ0v) is 18.0. The van der Waals surface area contributed by atoms with E-state index in [-0.39, 0.29) is 40.1 Å². The highest BCUT2D eigenvalue weighted by Crippen LogP contribution is 2.37. The Morgan fingerprint density at radius 2 is 1.84 bits per heavy atom. The molecule has 1 N–H and O–H groups in total. The molecule has 32 heavy (non-hydrogen) atoms. The van der Waals surface area contributed by atoms with Gasteiger partial charge in [-0.15, -0.1) is 0 Å². The van der Waals surface area contributed by atoms with Gasteiger partial charge in [0.05, 0.1) is 36.2 Å². The maximum absolute atomic E-state index is 14.3. The molecular weight excluding hydrogens is 446 g/mol. The van der Waals surface area contributed by atoms with E-state index in [9.17, 15) is 13.6 Å². The van der Waals surface area contributed by atoms with Gasteiger partial charge in [-0.25, -0.2) is 28.1 Å². The van der Waals surface area contributed by atoms with Crippen LogP contribution in [0.15, 0.2) is 35.4 Å². The van der Waals surface area contributed by atoms with Crippen molar-refractivity contribution < 1.29 is 23.0 Å². The molecule has 0 unspecified atom stereocenters. The minimum atomic E-state index is -1.09. The highest BCUT2D eigenvalue weighted by molar-refractivity contribution is 6.32. The predicted molar refractivity (Wildman–Crippen MR) is 113 cm³/mol. The fraction of sp³-hybridized carbons (Fsp3) is 0.190. The molecule has 0 aliphatic heterocycles. The molecule has 0 saturated heterocycles. The lowest BCUT2D eigenvalue weighted by molar-refractivity contribution is 0.270. The van der Waals surface area contributed by atoms with E-state index in [0.29, 0.717) is 16.9 Å². The van der Waals surface area contributed by atoms with Crippen molar-refractivity contribution in [2.45, 2.75) is 13.5 Å². The maximum Gasteiger partial charge on any atom is 0.332 e. The molecule has 2 heterocycles. The molecule has 4 aromatic rings. The molecular formula is C21H17ClF2N4O4. The number of imidazole rings is 1. The summed E-state index contributed by atoms with van der Waals surface area (Å²) in [6, 6.07) is 5.17. The lowest BCUT2D eigenvalue weighted by Gasteiger charge is -2.16. The van der Waals surface area contributed by atoms with Gasteiger partial charge in [0, 0.05) is 12.1 Å². The van der Waals surface area contributed by atoms with E-state index in [4.69, 9.17) is 25.8 Å². The minimum absolute atomic E-state index is 0.112. The predicted octanol–water partition coefficient (Wildman–Crippen LogP) is 3.95. The van der Waals surface area contributed by atoms with Gasteiger partial charge in [-0.1, -0.05) is 11.6 Å². The van der Waals surface area contributed by atoms with Crippen LogP contribution in [0.25, 0.3) is 16.9 Å². The molecule has 0 aliphatic carbocycles. The molecule has 2 aromatic carbocycles. The Hall–Kier alpha value is -3.66. The number of aromatic nitrogens is 4. The third kappa shape index (κ3) is 3.62. The number of nitrogens with one attached hydrogen (secondary N) is 1. The summed E-state index contributed by atoms with van der Waals surface area (Å²) in [5.74, 6) is -1.62. The van der Waals surface area contributed by atoms with Crippen LogP contribution in [0, 0.1) is 18.6 Å². The summed E-state index contributed by atoms with van der Waals surface area (Å²) in [7, 11) is 2.74. The zero-order valence-electron chi connectivity index (χ0n) is 17.2. The Labute approximate surface area is 185 Å². The molecule has 4 rings (SSSR count). The second-order valence-corrected chi connectivity index (χ2v) is 7.12. The Kier molecular flexibility index (Phi) is 5.70. The second kappa shape index (κ2) is 8.46. The van der Waals surface area contributed by atoms with Crippen molar-refractivity contribution in [3.63, 3.8) is 0 Å². The van der Waals surface area contributed by atoms with Gasteiger partial charge in [-0.05, 0) is 19.1 Å². The largest absolute Gasteiger partial charge is 0.496 e. The van der Waals surface area contributed by atoms with Crippen LogP contribution in [0.3, 0.4) is 0 Å². The first-order valence-electron chi connectivity index (χ1n) is 9.29. The van der Waals surface area contributed by atoms with Gasteiger partial charge in [-0.2, -0.15) is 0 Å². The van der Waals surface area contributed by atoms with E-state index in [2.05, 4.69) is 15.0 Å². The first-order valence-corrected chi connectivity index (χ1v) is 9.67. The van der Waals surface area contributed by atoms with Crippen LogP contribution in [-0.4, -0.2) is 33.7 Å². The number of aromatic amines is 1. The summed E-state index contributed by atoms with van der Waals surface area (Å²) in [6.45, 7) is 1.36. The van der Waals surface area contributed by atoms with Crippen LogP contribution in [0.5, 0.6) is 17.2 Å². The first kappa shape index (κ1) is 21.6. The van der Waals surface area contributed by atoms with Crippen LogP contribution >= 0.6 is 11.6 Å². The fourth-order valence-corrected chi connectivity index (χ4v) is 3.52. The number of halogens is 3. The highest BCUT2D eigenvalue weighted by atomic mass is 35.5. The number of rotatable bonds is 6. The summed E-state index contributed by atoms with van der Waals surface area (Å²) in [4.78, 5) is 23.6. The van der Waals surface area contributed by atoms with Crippen LogP contribution in [0.2, 0.25) is 5.02 Å². The first-order chi connectivity index (χ1) is 15.3. The number of H-pyrrole nitrogens is 1. The molecule has 0 spiro atoms. The molecule has 0 amide bonds. The van der Waals surface area contributed by atoms with E-state index in [0.717, 1.165) is 6.07 Å². The van der Waals surface area contributed by atoms with Crippen molar-refractivity contribution in [2.24, 2.45) is 0 Å². The van der Waals surface area contributed by atoms with Crippen molar-refractivity contribution in [2.75, 3.05) is 14.2 Å². The molecule has 0 saturated carbocycles. The molecule has 8 nitrogen and oxygen atoms in total. The summed E-state index contributed by atoms with van der Waals surface area (Å²) < 4.78 is 45.4. The summed E-state index contributed by atoms with van der Waals surface area (Å²) in [5.41, 5.74) is 1.01. The van der Waals surface area contributed by atoms with E-state index in [1.165, 1.54) is 43.3 Å². The standard InChI is InChI=1S/C21H17ClF2N4O4/c1-10-19-20(26-9-25-10)28(21(29)27-19)14-7-17(16(31-3)6-12(14)22)32-8-11-15(30-2)5-4-13(23)18(11)24/h4-7,9H,8H2,1-3H3,(H,27,29). The van der Waals surface area contributed by atoms with Gasteiger partial charge in [0.15, 0.2) is 28.8 Å². The number of benzene rings is 2. The van der Waals surface area contributed by atoms with Gasteiger partial charge in [0.25, 0.3) is 0 Å². The number of nitrogens with zero attached hydrogens (tertiary/aromatic N) is 3. The molecule has 0 aliphatic rings. The molecule has 2 aromatic heterocycles. The average molecular weight is 463 g/mol. The maximum atomic E-state index is 14.3. The number of fused-ring (bicyclic) bond motifs is 1. The summed E-state index contributed by atoms with van der Waals surface area (Å²) in [6.07, 6.45) is 1.33. The normalized spacial score (nSPS) is 11.1. The zero-order chi connectivity index (χ0) is 23.0. The van der Waals surface area contributed by atoms with Crippen LogP contribution in [0.4, 0.5) is 8.78 Å². The van der Waals surface area contributed by atoms with Crippen molar-refractivity contribution in [1.82, 2.24) is 19.5 Å². The Morgan fingerprint density at radius 3 is 2.56 bits per heavy atom. The summed E-state index contributed by atoms with van der Waals surface area (Å²) >= 11 is 6.41. The quantitative estimate of drug-likeness (QED) is 0.466. The second-order valence-electron chi connectivity index (χ2n) is 6.71. The highest BCUT2D eigenvalue weighted by Gasteiger charge is 2.20. The smallest absolute Gasteiger partial charge is 0.332 e. The Morgan fingerprint density at radius 1 is 1.09 bits per heavy atom. The Bertz CT molecular complexity index is 1390. The molecule has 166 valence electrons. The SMILES string of the molecule is COc1cc(Cl)c(-n2c(=O)[nH]c3c(C)ncnc32)cc1OCc1c(OC)ccc(F)c1F. The average Bonchev–Trinajstić information content (AvgIpc) is 3.12. The number of aryl methyl sites for hydroxylation is 1. The molecule has 0 radical (unpaired) electrons. The lowest BCUT2D eigenvalue weighted by Crippen LogP contribution is -2.15. The lowest BCUT2D eigenvalue weighted by atomic mass is 10.2. The minimum Gasteiger partial charge on any atom is -0.496 e. The van der Waals surface area contributed by atoms with Crippen LogP contribution in [-0.2, 0) is 6.61 Å². The number of hydrogen-bond acceptors (Lipinski definition) is 6. The fourth-order valence-electron chi connectivity index (χ4n) is 3.28. The van der Waals surface area contributed by atoms with E-state index in [1.54, 1.807) is 6.92 Å². The van der Waals surface area contributed by atoms with Gasteiger partial charge < -0.3 is 19.2 Å². The number of ether oxygens (including phenoxy) is 3. The van der Waals surface area contributed by atoms with Crippen molar-refractivity contribution in [1.29, 1.82) is 0 Å². The van der Waals surface area contributed by atoms with Gasteiger partial charge in [0.2, 0.25) is 0 Å². The molecule has 0 fully saturated rings.